The van der Waals surface area contributed by atoms with E-state index in [9.17, 15) is 0 Å². The molecular weight excluding hydrogens is 280 g/mol. The Hall–Kier alpha value is -1.20. The molecular formula is C12H15BrN4. The minimum absolute atomic E-state index is 0.452. The smallest absolute Gasteiger partial charge is 0.0969 e. The first kappa shape index (κ1) is 12.3. The SMILES string of the molecule is CC(C)NCc1cn(-c2ccc(Br)cc2)nn1. The monoisotopic (exact) mass is 294 g/mol. The van der Waals surface area contributed by atoms with E-state index in [-0.39, 0.29) is 0 Å². The highest BCUT2D eigenvalue weighted by Gasteiger charge is 2.03. The average Bonchev–Trinajstić information content (AvgIpc) is 2.76. The maximum absolute atomic E-state index is 4.13. The Morgan fingerprint density at radius 1 is 1.29 bits per heavy atom. The number of hydrogen-bond acceptors (Lipinski definition) is 3. The van der Waals surface area contributed by atoms with Gasteiger partial charge in [0.05, 0.1) is 17.6 Å². The molecule has 0 aliphatic rings. The van der Waals surface area contributed by atoms with Gasteiger partial charge in [0.25, 0.3) is 0 Å². The van der Waals surface area contributed by atoms with Crippen molar-refractivity contribution in [3.05, 3.63) is 40.6 Å². The van der Waals surface area contributed by atoms with Crippen LogP contribution in [0.5, 0.6) is 0 Å². The van der Waals surface area contributed by atoms with Crippen LogP contribution in [-0.2, 0) is 6.54 Å². The van der Waals surface area contributed by atoms with Crippen LogP contribution in [-0.4, -0.2) is 21.0 Å². The standard InChI is InChI=1S/C12H15BrN4/c1-9(2)14-7-11-8-17(16-15-11)12-5-3-10(13)4-6-12/h3-6,8-9,14H,7H2,1-2H3. The Balaban J connectivity index is 2.10. The molecule has 0 aliphatic carbocycles. The van der Waals surface area contributed by atoms with Crippen LogP contribution in [0.25, 0.3) is 5.69 Å². The first-order valence-corrected chi connectivity index (χ1v) is 6.35. The Labute approximate surface area is 109 Å². The van der Waals surface area contributed by atoms with Gasteiger partial charge < -0.3 is 5.32 Å². The van der Waals surface area contributed by atoms with Crippen molar-refractivity contribution in [2.45, 2.75) is 26.4 Å². The predicted octanol–water partition coefficient (Wildman–Crippen LogP) is 2.53. The van der Waals surface area contributed by atoms with E-state index in [4.69, 9.17) is 0 Å². The molecule has 0 saturated heterocycles. The van der Waals surface area contributed by atoms with Crippen molar-refractivity contribution in [3.63, 3.8) is 0 Å². The lowest BCUT2D eigenvalue weighted by Crippen LogP contribution is -2.21. The first-order valence-electron chi connectivity index (χ1n) is 5.55. The number of nitrogens with zero attached hydrogens (tertiary/aromatic N) is 3. The number of aromatic nitrogens is 3. The number of benzene rings is 1. The van der Waals surface area contributed by atoms with Crippen LogP contribution in [0.3, 0.4) is 0 Å². The van der Waals surface area contributed by atoms with E-state index < -0.39 is 0 Å². The summed E-state index contributed by atoms with van der Waals surface area (Å²) in [6.45, 7) is 4.96. The van der Waals surface area contributed by atoms with Gasteiger partial charge in [-0.3, -0.25) is 0 Å². The summed E-state index contributed by atoms with van der Waals surface area (Å²) in [6, 6.07) is 8.43. The van der Waals surface area contributed by atoms with Crippen LogP contribution in [0.15, 0.2) is 34.9 Å². The molecule has 1 aromatic carbocycles. The maximum Gasteiger partial charge on any atom is 0.0969 e. The highest BCUT2D eigenvalue weighted by molar-refractivity contribution is 9.10. The minimum Gasteiger partial charge on any atom is -0.309 e. The molecule has 0 radical (unpaired) electrons. The fraction of sp³-hybridized carbons (Fsp3) is 0.333. The molecule has 0 amide bonds. The van der Waals surface area contributed by atoms with E-state index in [1.165, 1.54) is 0 Å². The van der Waals surface area contributed by atoms with Crippen molar-refractivity contribution < 1.29 is 0 Å². The summed E-state index contributed by atoms with van der Waals surface area (Å²) in [5.74, 6) is 0. The second-order valence-corrected chi connectivity index (χ2v) is 5.08. The normalized spacial score (nSPS) is 11.1. The summed E-state index contributed by atoms with van der Waals surface area (Å²) in [6.07, 6.45) is 1.94. The van der Waals surface area contributed by atoms with Gasteiger partial charge in [-0.1, -0.05) is 35.0 Å². The number of halogens is 1. The molecule has 0 atom stereocenters. The van der Waals surface area contributed by atoms with Gasteiger partial charge >= 0.3 is 0 Å². The topological polar surface area (TPSA) is 42.7 Å². The van der Waals surface area contributed by atoms with Gasteiger partial charge in [0.15, 0.2) is 0 Å². The summed E-state index contributed by atoms with van der Waals surface area (Å²) in [5, 5.41) is 11.5. The van der Waals surface area contributed by atoms with Gasteiger partial charge in [-0.25, -0.2) is 4.68 Å². The van der Waals surface area contributed by atoms with Gasteiger partial charge in [-0.2, -0.15) is 0 Å². The second kappa shape index (κ2) is 5.42. The molecule has 0 spiro atoms. The van der Waals surface area contributed by atoms with E-state index in [1.54, 1.807) is 4.68 Å². The van der Waals surface area contributed by atoms with Crippen molar-refractivity contribution in [1.29, 1.82) is 0 Å². The third-order valence-corrected chi connectivity index (χ3v) is 2.85. The zero-order valence-electron chi connectivity index (χ0n) is 9.89. The highest BCUT2D eigenvalue weighted by atomic mass is 79.9. The molecule has 1 N–H and O–H groups in total. The second-order valence-electron chi connectivity index (χ2n) is 4.17. The van der Waals surface area contributed by atoms with Gasteiger partial charge in [-0.05, 0) is 24.3 Å². The third-order valence-electron chi connectivity index (χ3n) is 2.32. The van der Waals surface area contributed by atoms with Crippen LogP contribution in [0.4, 0.5) is 0 Å². The van der Waals surface area contributed by atoms with E-state index in [1.807, 2.05) is 30.5 Å². The largest absolute Gasteiger partial charge is 0.309 e. The summed E-state index contributed by atoms with van der Waals surface area (Å²) in [5.41, 5.74) is 1.96. The molecule has 17 heavy (non-hydrogen) atoms. The average molecular weight is 295 g/mol. The van der Waals surface area contributed by atoms with Gasteiger partial charge in [0, 0.05) is 17.1 Å². The third kappa shape index (κ3) is 3.38. The summed E-state index contributed by atoms with van der Waals surface area (Å²) < 4.78 is 2.84. The molecule has 5 heteroatoms. The van der Waals surface area contributed by atoms with Crippen molar-refractivity contribution in [2.75, 3.05) is 0 Å². The Bertz CT molecular complexity index is 476. The lowest BCUT2D eigenvalue weighted by molar-refractivity contribution is 0.580. The van der Waals surface area contributed by atoms with Crippen LogP contribution >= 0.6 is 15.9 Å². The Kier molecular flexibility index (Phi) is 3.91. The summed E-state index contributed by atoms with van der Waals surface area (Å²) >= 11 is 3.41. The Morgan fingerprint density at radius 2 is 2.00 bits per heavy atom. The van der Waals surface area contributed by atoms with Crippen molar-refractivity contribution in [1.82, 2.24) is 20.3 Å². The van der Waals surface area contributed by atoms with E-state index in [2.05, 4.69) is 45.4 Å². The zero-order valence-corrected chi connectivity index (χ0v) is 11.5. The molecule has 4 nitrogen and oxygen atoms in total. The van der Waals surface area contributed by atoms with E-state index >= 15 is 0 Å². The number of rotatable bonds is 4. The molecule has 2 aromatic rings. The van der Waals surface area contributed by atoms with E-state index in [0.29, 0.717) is 6.04 Å². The minimum atomic E-state index is 0.452. The lowest BCUT2D eigenvalue weighted by atomic mass is 10.3. The maximum atomic E-state index is 4.13. The van der Waals surface area contributed by atoms with Crippen molar-refractivity contribution >= 4 is 15.9 Å². The van der Waals surface area contributed by atoms with Crippen LogP contribution in [0.2, 0.25) is 0 Å². The van der Waals surface area contributed by atoms with Crippen molar-refractivity contribution in [3.8, 4) is 5.69 Å². The van der Waals surface area contributed by atoms with Gasteiger partial charge in [0.2, 0.25) is 0 Å². The summed E-state index contributed by atoms with van der Waals surface area (Å²) in [7, 11) is 0. The molecule has 0 fully saturated rings. The first-order chi connectivity index (χ1) is 8.15. The molecule has 0 aliphatic heterocycles. The lowest BCUT2D eigenvalue weighted by Gasteiger charge is -2.04. The molecule has 0 unspecified atom stereocenters. The highest BCUT2D eigenvalue weighted by Crippen LogP contribution is 2.13. The van der Waals surface area contributed by atoms with Gasteiger partial charge in [-0.15, -0.1) is 5.10 Å². The van der Waals surface area contributed by atoms with Gasteiger partial charge in [0.1, 0.15) is 0 Å². The van der Waals surface area contributed by atoms with Crippen molar-refractivity contribution in [2.24, 2.45) is 0 Å². The molecule has 0 saturated carbocycles. The molecule has 1 heterocycles. The fourth-order valence-corrected chi connectivity index (χ4v) is 1.67. The quantitative estimate of drug-likeness (QED) is 0.942. The zero-order chi connectivity index (χ0) is 12.3. The number of hydrogen-bond donors (Lipinski definition) is 1. The Morgan fingerprint density at radius 3 is 2.65 bits per heavy atom. The van der Waals surface area contributed by atoms with Crippen LogP contribution in [0, 0.1) is 0 Å². The molecule has 1 aromatic heterocycles. The van der Waals surface area contributed by atoms with Crippen LogP contribution in [0.1, 0.15) is 19.5 Å². The predicted molar refractivity (Wildman–Crippen MR) is 71.0 cm³/mol. The fourth-order valence-electron chi connectivity index (χ4n) is 1.41. The number of nitrogens with one attached hydrogen (secondary N) is 1. The molecule has 0 bridgehead atoms. The van der Waals surface area contributed by atoms with Crippen LogP contribution < -0.4 is 5.32 Å². The van der Waals surface area contributed by atoms with E-state index in [0.717, 1.165) is 22.4 Å². The molecule has 90 valence electrons. The summed E-state index contributed by atoms with van der Waals surface area (Å²) in [4.78, 5) is 0. The molecule has 2 rings (SSSR count).